The molecule has 2 aromatic carbocycles. The van der Waals surface area contributed by atoms with Crippen LogP contribution < -0.4 is 5.43 Å². The Morgan fingerprint density at radius 3 is 2.33 bits per heavy atom. The predicted molar refractivity (Wildman–Crippen MR) is 107 cm³/mol. The molecule has 4 rings (SSSR count). The maximum atomic E-state index is 13.2. The van der Waals surface area contributed by atoms with E-state index in [1.807, 2.05) is 24.3 Å². The number of rotatable bonds is 1. The van der Waals surface area contributed by atoms with Gasteiger partial charge in [-0.2, -0.15) is 0 Å². The topological polar surface area (TPSA) is 50.5 Å². The van der Waals surface area contributed by atoms with Crippen molar-refractivity contribution >= 4 is 28.5 Å². The van der Waals surface area contributed by atoms with Crippen molar-refractivity contribution in [2.75, 3.05) is 7.05 Å². The number of nitrogens with zero attached hydrogens (tertiary/aromatic N) is 1. The number of carbonyl (C=O) groups excluding carboxylic acids is 1. The van der Waals surface area contributed by atoms with E-state index in [-0.39, 0.29) is 22.5 Å². The molecule has 2 heterocycles. The van der Waals surface area contributed by atoms with Crippen LogP contribution >= 0.6 is 11.6 Å². The largest absolute Gasteiger partial charge is 0.450 e. The summed E-state index contributed by atoms with van der Waals surface area (Å²) in [7, 11) is 1.69. The Morgan fingerprint density at radius 1 is 1.04 bits per heavy atom. The average Bonchev–Trinajstić information content (AvgIpc) is 2.87. The van der Waals surface area contributed by atoms with E-state index in [0.717, 1.165) is 5.56 Å². The molecule has 0 radical (unpaired) electrons. The fraction of sp³-hybridized carbons (Fsp3) is 0.273. The number of benzene rings is 2. The highest BCUT2D eigenvalue weighted by Crippen LogP contribution is 2.37. The second-order valence-electron chi connectivity index (χ2n) is 8.01. The van der Waals surface area contributed by atoms with Gasteiger partial charge in [-0.05, 0) is 34.7 Å². The Morgan fingerprint density at radius 2 is 1.70 bits per heavy atom. The highest BCUT2D eigenvalue weighted by molar-refractivity contribution is 6.31. The number of amides is 1. The van der Waals surface area contributed by atoms with Crippen LogP contribution in [0.1, 0.15) is 54.1 Å². The summed E-state index contributed by atoms with van der Waals surface area (Å²) in [4.78, 5) is 27.5. The lowest BCUT2D eigenvalue weighted by Gasteiger charge is -2.23. The third kappa shape index (κ3) is 2.76. The van der Waals surface area contributed by atoms with E-state index in [2.05, 4.69) is 20.8 Å². The molecule has 4 nitrogen and oxygen atoms in total. The van der Waals surface area contributed by atoms with Crippen molar-refractivity contribution in [3.05, 3.63) is 80.2 Å². The standard InChI is InChI=1S/C22H20ClNO3/c1-22(2,3)13-7-5-12(6-8-13)18-17-19(25)15-11-14(23)9-10-16(15)27-20(17)21(26)24(18)4/h5-11,18H,1-4H3/t18-/m1/s1. The smallest absolute Gasteiger partial charge is 0.290 e. The molecular weight excluding hydrogens is 362 g/mol. The minimum Gasteiger partial charge on any atom is -0.450 e. The molecule has 1 aromatic heterocycles. The molecule has 1 aliphatic heterocycles. The first-order valence-electron chi connectivity index (χ1n) is 8.82. The van der Waals surface area contributed by atoms with E-state index >= 15 is 0 Å². The zero-order chi connectivity index (χ0) is 19.5. The van der Waals surface area contributed by atoms with Gasteiger partial charge in [-0.3, -0.25) is 9.59 Å². The first-order chi connectivity index (χ1) is 12.7. The van der Waals surface area contributed by atoms with Crippen molar-refractivity contribution in [3.63, 3.8) is 0 Å². The maximum Gasteiger partial charge on any atom is 0.290 e. The van der Waals surface area contributed by atoms with Gasteiger partial charge in [0, 0.05) is 12.1 Å². The Bertz CT molecular complexity index is 1120. The summed E-state index contributed by atoms with van der Waals surface area (Å²) in [5.74, 6) is -0.175. The summed E-state index contributed by atoms with van der Waals surface area (Å²) in [6.45, 7) is 6.44. The SMILES string of the molecule is CN1C(=O)c2oc3ccc(Cl)cc3c(=O)c2[C@H]1c1ccc(C(C)(C)C)cc1. The molecule has 0 N–H and O–H groups in total. The van der Waals surface area contributed by atoms with E-state index in [9.17, 15) is 9.59 Å². The number of carbonyl (C=O) groups is 1. The lowest BCUT2D eigenvalue weighted by atomic mass is 9.86. The maximum absolute atomic E-state index is 13.2. The van der Waals surface area contributed by atoms with Gasteiger partial charge >= 0.3 is 0 Å². The monoisotopic (exact) mass is 381 g/mol. The summed E-state index contributed by atoms with van der Waals surface area (Å²) < 4.78 is 5.80. The third-order valence-electron chi connectivity index (χ3n) is 5.16. The second-order valence-corrected chi connectivity index (χ2v) is 8.44. The lowest BCUT2D eigenvalue weighted by molar-refractivity contribution is 0.0771. The minimum atomic E-state index is -0.471. The van der Waals surface area contributed by atoms with E-state index < -0.39 is 6.04 Å². The Hall–Kier alpha value is -2.59. The molecule has 0 saturated carbocycles. The van der Waals surface area contributed by atoms with Crippen LogP contribution in [0.15, 0.2) is 51.7 Å². The average molecular weight is 382 g/mol. The second kappa shape index (κ2) is 5.96. The molecule has 1 aliphatic rings. The molecule has 0 saturated heterocycles. The Kier molecular flexibility index (Phi) is 3.93. The highest BCUT2D eigenvalue weighted by atomic mass is 35.5. The van der Waals surface area contributed by atoms with E-state index in [1.54, 1.807) is 30.1 Å². The molecule has 27 heavy (non-hydrogen) atoms. The quantitative estimate of drug-likeness (QED) is 0.601. The molecule has 1 atom stereocenters. The van der Waals surface area contributed by atoms with Crippen LogP contribution in [0.25, 0.3) is 11.0 Å². The Balaban J connectivity index is 1.92. The van der Waals surface area contributed by atoms with Gasteiger partial charge in [0.2, 0.25) is 5.76 Å². The van der Waals surface area contributed by atoms with Gasteiger partial charge in [-0.25, -0.2) is 0 Å². The van der Waals surface area contributed by atoms with Gasteiger partial charge in [0.25, 0.3) is 5.91 Å². The molecular formula is C22H20ClNO3. The van der Waals surface area contributed by atoms with Crippen LogP contribution in [-0.4, -0.2) is 17.9 Å². The van der Waals surface area contributed by atoms with Crippen molar-refractivity contribution in [1.29, 1.82) is 0 Å². The summed E-state index contributed by atoms with van der Waals surface area (Å²) in [6, 6.07) is 12.4. The first kappa shape index (κ1) is 17.8. The van der Waals surface area contributed by atoms with Crippen molar-refractivity contribution in [2.45, 2.75) is 32.2 Å². The molecule has 0 bridgehead atoms. The summed E-state index contributed by atoms with van der Waals surface area (Å²) in [5, 5.41) is 0.846. The molecule has 5 heteroatoms. The van der Waals surface area contributed by atoms with E-state index in [1.165, 1.54) is 5.56 Å². The zero-order valence-electron chi connectivity index (χ0n) is 15.7. The van der Waals surface area contributed by atoms with Crippen LogP contribution in [0.4, 0.5) is 0 Å². The van der Waals surface area contributed by atoms with Crippen LogP contribution in [0, 0.1) is 0 Å². The zero-order valence-corrected chi connectivity index (χ0v) is 16.4. The predicted octanol–water partition coefficient (Wildman–Crippen LogP) is 4.92. The van der Waals surface area contributed by atoms with Gasteiger partial charge < -0.3 is 9.32 Å². The number of halogens is 1. The summed E-state index contributed by atoms with van der Waals surface area (Å²) in [6.07, 6.45) is 0. The van der Waals surface area contributed by atoms with Crippen LogP contribution in [0.2, 0.25) is 5.02 Å². The number of fused-ring (bicyclic) bond motifs is 2. The normalized spacial score (nSPS) is 16.9. The van der Waals surface area contributed by atoms with E-state index in [4.69, 9.17) is 16.0 Å². The fourth-order valence-electron chi connectivity index (χ4n) is 3.62. The fourth-order valence-corrected chi connectivity index (χ4v) is 3.79. The molecule has 0 unspecified atom stereocenters. The van der Waals surface area contributed by atoms with Gasteiger partial charge in [0.05, 0.1) is 17.0 Å². The lowest BCUT2D eigenvalue weighted by Crippen LogP contribution is -2.25. The summed E-state index contributed by atoms with van der Waals surface area (Å²) in [5.41, 5.74) is 2.63. The van der Waals surface area contributed by atoms with Crippen LogP contribution in [0.5, 0.6) is 0 Å². The first-order valence-corrected chi connectivity index (χ1v) is 9.20. The molecule has 3 aromatic rings. The number of hydrogen-bond donors (Lipinski definition) is 0. The third-order valence-corrected chi connectivity index (χ3v) is 5.39. The van der Waals surface area contributed by atoms with Gasteiger partial charge in [0.1, 0.15) is 5.58 Å². The molecule has 1 amide bonds. The van der Waals surface area contributed by atoms with Crippen LogP contribution in [0.3, 0.4) is 0 Å². The summed E-state index contributed by atoms with van der Waals surface area (Å²) >= 11 is 6.05. The van der Waals surface area contributed by atoms with Crippen LogP contribution in [-0.2, 0) is 5.41 Å². The van der Waals surface area contributed by atoms with Crippen molar-refractivity contribution < 1.29 is 9.21 Å². The Labute approximate surface area is 162 Å². The molecule has 0 spiro atoms. The van der Waals surface area contributed by atoms with Gasteiger partial charge in [0.15, 0.2) is 5.43 Å². The van der Waals surface area contributed by atoms with Crippen molar-refractivity contribution in [3.8, 4) is 0 Å². The van der Waals surface area contributed by atoms with Gasteiger partial charge in [-0.1, -0.05) is 56.6 Å². The van der Waals surface area contributed by atoms with E-state index in [0.29, 0.717) is 21.6 Å². The minimum absolute atomic E-state index is 0.0276. The van der Waals surface area contributed by atoms with Gasteiger partial charge in [-0.15, -0.1) is 0 Å². The van der Waals surface area contributed by atoms with Crippen molar-refractivity contribution in [1.82, 2.24) is 4.90 Å². The molecule has 0 aliphatic carbocycles. The number of hydrogen-bond acceptors (Lipinski definition) is 3. The molecule has 0 fully saturated rings. The molecule has 138 valence electrons. The van der Waals surface area contributed by atoms with Crippen molar-refractivity contribution in [2.24, 2.45) is 0 Å². The highest BCUT2D eigenvalue weighted by Gasteiger charge is 2.40.